The summed E-state index contributed by atoms with van der Waals surface area (Å²) >= 11 is 0. The van der Waals surface area contributed by atoms with Gasteiger partial charge in [0.25, 0.3) is 0 Å². The SMILES string of the molecule is CCNC(C)(C)C(=O)Nc1cccc(C)c1C. The highest BCUT2D eigenvalue weighted by atomic mass is 16.2. The van der Waals surface area contributed by atoms with Gasteiger partial charge in [0.05, 0.1) is 5.54 Å². The molecule has 1 amide bonds. The van der Waals surface area contributed by atoms with Crippen LogP contribution in [0.25, 0.3) is 0 Å². The smallest absolute Gasteiger partial charge is 0.244 e. The van der Waals surface area contributed by atoms with Crippen LogP contribution in [-0.2, 0) is 4.79 Å². The van der Waals surface area contributed by atoms with Crippen LogP contribution in [0.3, 0.4) is 0 Å². The fourth-order valence-corrected chi connectivity index (χ4v) is 1.69. The molecule has 1 rings (SSSR count). The summed E-state index contributed by atoms with van der Waals surface area (Å²) in [6.45, 7) is 10.6. The summed E-state index contributed by atoms with van der Waals surface area (Å²) in [5.41, 5.74) is 2.64. The first-order valence-corrected chi connectivity index (χ1v) is 6.01. The maximum Gasteiger partial charge on any atom is 0.244 e. The average molecular weight is 234 g/mol. The van der Waals surface area contributed by atoms with Gasteiger partial charge < -0.3 is 10.6 Å². The summed E-state index contributed by atoms with van der Waals surface area (Å²) in [5.74, 6) is -0.00644. The van der Waals surface area contributed by atoms with E-state index in [9.17, 15) is 4.79 Å². The first-order valence-electron chi connectivity index (χ1n) is 6.01. The molecule has 0 aliphatic carbocycles. The van der Waals surface area contributed by atoms with Crippen LogP contribution in [0, 0.1) is 13.8 Å². The van der Waals surface area contributed by atoms with Crippen molar-refractivity contribution in [1.82, 2.24) is 5.32 Å². The van der Waals surface area contributed by atoms with Crippen LogP contribution in [0.5, 0.6) is 0 Å². The van der Waals surface area contributed by atoms with Crippen molar-refractivity contribution in [3.63, 3.8) is 0 Å². The van der Waals surface area contributed by atoms with E-state index in [0.717, 1.165) is 17.8 Å². The number of hydrogen-bond donors (Lipinski definition) is 2. The van der Waals surface area contributed by atoms with Gasteiger partial charge in [0, 0.05) is 5.69 Å². The van der Waals surface area contributed by atoms with Crippen LogP contribution >= 0.6 is 0 Å². The Balaban J connectivity index is 2.85. The number of benzene rings is 1. The van der Waals surface area contributed by atoms with Crippen LogP contribution in [0.1, 0.15) is 31.9 Å². The van der Waals surface area contributed by atoms with Crippen LogP contribution in [0.4, 0.5) is 5.69 Å². The third-order valence-electron chi connectivity index (χ3n) is 3.04. The minimum atomic E-state index is -0.551. The van der Waals surface area contributed by atoms with Crippen molar-refractivity contribution in [3.05, 3.63) is 29.3 Å². The molecule has 17 heavy (non-hydrogen) atoms. The first kappa shape index (κ1) is 13.7. The molecule has 0 radical (unpaired) electrons. The van der Waals surface area contributed by atoms with E-state index >= 15 is 0 Å². The zero-order valence-corrected chi connectivity index (χ0v) is 11.3. The summed E-state index contributed by atoms with van der Waals surface area (Å²) < 4.78 is 0. The third-order valence-corrected chi connectivity index (χ3v) is 3.04. The summed E-state index contributed by atoms with van der Waals surface area (Å²) in [6.07, 6.45) is 0. The number of carbonyl (C=O) groups is 1. The van der Waals surface area contributed by atoms with Crippen molar-refractivity contribution < 1.29 is 4.79 Å². The lowest BCUT2D eigenvalue weighted by Crippen LogP contribution is -2.49. The van der Waals surface area contributed by atoms with Gasteiger partial charge in [0.2, 0.25) is 5.91 Å². The lowest BCUT2D eigenvalue weighted by Gasteiger charge is -2.25. The van der Waals surface area contributed by atoms with Crippen molar-refractivity contribution in [1.29, 1.82) is 0 Å². The second kappa shape index (κ2) is 5.32. The van der Waals surface area contributed by atoms with Gasteiger partial charge in [0.1, 0.15) is 0 Å². The number of anilines is 1. The monoisotopic (exact) mass is 234 g/mol. The number of hydrogen-bond acceptors (Lipinski definition) is 2. The highest BCUT2D eigenvalue weighted by Gasteiger charge is 2.26. The van der Waals surface area contributed by atoms with Gasteiger partial charge in [0.15, 0.2) is 0 Å². The van der Waals surface area contributed by atoms with Crippen LogP contribution in [0.15, 0.2) is 18.2 Å². The molecule has 0 atom stereocenters. The molecule has 3 nitrogen and oxygen atoms in total. The molecule has 0 saturated carbocycles. The molecule has 1 aromatic carbocycles. The Kier molecular flexibility index (Phi) is 4.29. The van der Waals surface area contributed by atoms with Gasteiger partial charge in [-0.05, 0) is 51.4 Å². The molecule has 0 aliphatic rings. The lowest BCUT2D eigenvalue weighted by molar-refractivity contribution is -0.121. The van der Waals surface area contributed by atoms with E-state index in [-0.39, 0.29) is 5.91 Å². The topological polar surface area (TPSA) is 41.1 Å². The van der Waals surface area contributed by atoms with Gasteiger partial charge >= 0.3 is 0 Å². The molecule has 0 aromatic heterocycles. The highest BCUT2D eigenvalue weighted by Crippen LogP contribution is 2.19. The van der Waals surface area contributed by atoms with E-state index in [0.29, 0.717) is 0 Å². The number of aryl methyl sites for hydroxylation is 1. The van der Waals surface area contributed by atoms with Crippen molar-refractivity contribution in [2.24, 2.45) is 0 Å². The van der Waals surface area contributed by atoms with E-state index in [4.69, 9.17) is 0 Å². The second-order valence-electron chi connectivity index (χ2n) is 4.86. The van der Waals surface area contributed by atoms with E-state index in [1.54, 1.807) is 0 Å². The van der Waals surface area contributed by atoms with E-state index in [1.807, 2.05) is 52.8 Å². The van der Waals surface area contributed by atoms with Crippen molar-refractivity contribution in [3.8, 4) is 0 Å². The Labute approximate surface area is 104 Å². The lowest BCUT2D eigenvalue weighted by atomic mass is 10.0. The molecule has 3 heteroatoms. The largest absolute Gasteiger partial charge is 0.324 e. The Bertz CT molecular complexity index is 411. The molecule has 0 unspecified atom stereocenters. The van der Waals surface area contributed by atoms with Gasteiger partial charge in [-0.3, -0.25) is 4.79 Å². The number of carbonyl (C=O) groups excluding carboxylic acids is 1. The molecule has 94 valence electrons. The minimum absolute atomic E-state index is 0.00644. The molecule has 0 aliphatic heterocycles. The zero-order chi connectivity index (χ0) is 13.1. The van der Waals surface area contributed by atoms with Gasteiger partial charge in [-0.25, -0.2) is 0 Å². The number of rotatable bonds is 4. The zero-order valence-electron chi connectivity index (χ0n) is 11.3. The fourth-order valence-electron chi connectivity index (χ4n) is 1.69. The van der Waals surface area contributed by atoms with Gasteiger partial charge in [-0.2, -0.15) is 0 Å². The quantitative estimate of drug-likeness (QED) is 0.841. The standard InChI is InChI=1S/C14H22N2O/c1-6-15-14(4,5)13(17)16-12-9-7-8-10(2)11(12)3/h7-9,15H,6H2,1-5H3,(H,16,17). The number of nitrogens with one attached hydrogen (secondary N) is 2. The summed E-state index contributed by atoms with van der Waals surface area (Å²) in [4.78, 5) is 12.1. The second-order valence-corrected chi connectivity index (χ2v) is 4.86. The Morgan fingerprint density at radius 1 is 1.29 bits per heavy atom. The molecule has 0 spiro atoms. The van der Waals surface area contributed by atoms with Crippen LogP contribution in [0.2, 0.25) is 0 Å². The van der Waals surface area contributed by atoms with Gasteiger partial charge in [-0.1, -0.05) is 19.1 Å². The average Bonchev–Trinajstić information content (AvgIpc) is 2.24. The molecular formula is C14H22N2O. The van der Waals surface area contributed by atoms with E-state index in [2.05, 4.69) is 10.6 Å². The molecule has 0 fully saturated rings. The predicted molar refractivity (Wildman–Crippen MR) is 72.3 cm³/mol. The normalized spacial score (nSPS) is 11.4. The molecule has 0 saturated heterocycles. The highest BCUT2D eigenvalue weighted by molar-refractivity contribution is 5.98. The van der Waals surface area contributed by atoms with Crippen LogP contribution in [-0.4, -0.2) is 18.0 Å². The summed E-state index contributed by atoms with van der Waals surface area (Å²) in [6, 6.07) is 5.93. The predicted octanol–water partition coefficient (Wildman–Crippen LogP) is 2.63. The Morgan fingerprint density at radius 3 is 2.53 bits per heavy atom. The minimum Gasteiger partial charge on any atom is -0.324 e. The number of likely N-dealkylation sites (N-methyl/N-ethyl adjacent to an activating group) is 1. The van der Waals surface area contributed by atoms with Crippen molar-refractivity contribution >= 4 is 11.6 Å². The van der Waals surface area contributed by atoms with Crippen LogP contribution < -0.4 is 10.6 Å². The molecule has 0 bridgehead atoms. The molecular weight excluding hydrogens is 212 g/mol. The molecule has 0 heterocycles. The Morgan fingerprint density at radius 2 is 1.94 bits per heavy atom. The summed E-state index contributed by atoms with van der Waals surface area (Å²) in [7, 11) is 0. The summed E-state index contributed by atoms with van der Waals surface area (Å²) in [5, 5.41) is 6.14. The van der Waals surface area contributed by atoms with Gasteiger partial charge in [-0.15, -0.1) is 0 Å². The van der Waals surface area contributed by atoms with Crippen molar-refractivity contribution in [2.45, 2.75) is 40.2 Å². The first-order chi connectivity index (χ1) is 7.88. The maximum atomic E-state index is 12.1. The van der Waals surface area contributed by atoms with E-state index in [1.165, 1.54) is 5.56 Å². The third kappa shape index (κ3) is 3.30. The molecule has 2 N–H and O–H groups in total. The molecule has 1 aromatic rings. The fraction of sp³-hybridized carbons (Fsp3) is 0.500. The number of amides is 1. The maximum absolute atomic E-state index is 12.1. The van der Waals surface area contributed by atoms with Crippen molar-refractivity contribution in [2.75, 3.05) is 11.9 Å². The Hall–Kier alpha value is -1.35. The van der Waals surface area contributed by atoms with E-state index < -0.39 is 5.54 Å².